The Balaban J connectivity index is 2.19. The molecule has 0 saturated carbocycles. The molecular weight excluding hydrogens is 386 g/mol. The van der Waals surface area contributed by atoms with Crippen molar-refractivity contribution in [1.29, 1.82) is 0 Å². The Hall–Kier alpha value is -2.23. The minimum Gasteiger partial charge on any atom is -0.365 e. The summed E-state index contributed by atoms with van der Waals surface area (Å²) in [5.74, 6) is -1.18. The van der Waals surface area contributed by atoms with Crippen LogP contribution in [0, 0.1) is 27.7 Å². The molecule has 27 heavy (non-hydrogen) atoms. The molecule has 1 aromatic heterocycles. The Morgan fingerprint density at radius 3 is 2.33 bits per heavy atom. The highest BCUT2D eigenvalue weighted by atomic mass is 32.2. The van der Waals surface area contributed by atoms with Gasteiger partial charge in [0, 0.05) is 11.9 Å². The lowest BCUT2D eigenvalue weighted by molar-refractivity contribution is -0.116. The van der Waals surface area contributed by atoms with Gasteiger partial charge in [-0.25, -0.2) is 8.42 Å². The number of nitrogens with two attached hydrogens (primary N) is 1. The van der Waals surface area contributed by atoms with Crippen molar-refractivity contribution < 1.29 is 18.0 Å². The van der Waals surface area contributed by atoms with Gasteiger partial charge in [0.15, 0.2) is 0 Å². The molecule has 146 valence electrons. The minimum absolute atomic E-state index is 0.126. The fourth-order valence-corrected chi connectivity index (χ4v) is 4.81. The third-order valence-corrected chi connectivity index (χ3v) is 7.36. The number of carbonyl (C=O) groups is 2. The molecule has 0 bridgehead atoms. The number of nitrogens with zero attached hydrogens (tertiary/aromatic N) is 1. The van der Waals surface area contributed by atoms with E-state index in [-0.39, 0.29) is 17.0 Å². The molecule has 0 aliphatic heterocycles. The monoisotopic (exact) mass is 409 g/mol. The number of nitrogens with one attached hydrogen (secondary N) is 1. The molecular formula is C18H23N3O4S2. The topological polar surface area (TPSA) is 110 Å². The fraction of sp³-hybridized carbons (Fsp3) is 0.333. The van der Waals surface area contributed by atoms with Gasteiger partial charge in [-0.3, -0.25) is 9.59 Å². The summed E-state index contributed by atoms with van der Waals surface area (Å²) in [6.07, 6.45) is 0. The van der Waals surface area contributed by atoms with Crippen LogP contribution >= 0.6 is 11.3 Å². The zero-order valence-corrected chi connectivity index (χ0v) is 17.5. The van der Waals surface area contributed by atoms with Crippen molar-refractivity contribution in [3.8, 4) is 0 Å². The average molecular weight is 410 g/mol. The van der Waals surface area contributed by atoms with Crippen molar-refractivity contribution in [2.24, 2.45) is 5.73 Å². The van der Waals surface area contributed by atoms with Gasteiger partial charge in [-0.2, -0.15) is 4.31 Å². The molecule has 3 N–H and O–H groups in total. The van der Waals surface area contributed by atoms with E-state index >= 15 is 0 Å². The van der Waals surface area contributed by atoms with Crippen LogP contribution in [0.2, 0.25) is 0 Å². The Kier molecular flexibility index (Phi) is 6.08. The summed E-state index contributed by atoms with van der Waals surface area (Å²) in [5.41, 5.74) is 8.18. The molecule has 1 heterocycles. The van der Waals surface area contributed by atoms with Gasteiger partial charge in [0.25, 0.3) is 5.91 Å². The van der Waals surface area contributed by atoms with E-state index in [1.165, 1.54) is 24.5 Å². The van der Waals surface area contributed by atoms with E-state index < -0.39 is 21.8 Å². The quantitative estimate of drug-likeness (QED) is 0.763. The highest BCUT2D eigenvalue weighted by Gasteiger charge is 2.25. The smallest absolute Gasteiger partial charge is 0.251 e. The summed E-state index contributed by atoms with van der Waals surface area (Å²) in [7, 11) is -2.47. The van der Waals surface area contributed by atoms with E-state index in [1.807, 2.05) is 20.8 Å². The molecule has 0 atom stereocenters. The maximum atomic E-state index is 12.7. The summed E-state index contributed by atoms with van der Waals surface area (Å²) in [6.45, 7) is 6.90. The molecule has 0 fully saturated rings. The molecule has 2 aromatic rings. The third kappa shape index (κ3) is 4.37. The van der Waals surface area contributed by atoms with Gasteiger partial charge in [-0.1, -0.05) is 6.07 Å². The second-order valence-electron chi connectivity index (χ2n) is 6.41. The molecule has 9 heteroatoms. The van der Waals surface area contributed by atoms with Crippen LogP contribution in [0.1, 0.15) is 31.9 Å². The molecule has 0 radical (unpaired) electrons. The average Bonchev–Trinajstić information content (AvgIpc) is 2.83. The number of sulfonamides is 1. The first-order valence-electron chi connectivity index (χ1n) is 8.18. The van der Waals surface area contributed by atoms with Crippen molar-refractivity contribution in [3.63, 3.8) is 0 Å². The summed E-state index contributed by atoms with van der Waals surface area (Å²) < 4.78 is 26.4. The van der Waals surface area contributed by atoms with Crippen LogP contribution in [-0.2, 0) is 14.8 Å². The first kappa shape index (κ1) is 21.1. The molecule has 2 amide bonds. The number of likely N-dealkylation sites (N-methyl/N-ethyl adjacent to an activating group) is 1. The molecule has 0 aliphatic rings. The van der Waals surface area contributed by atoms with Crippen molar-refractivity contribution >= 4 is 38.2 Å². The lowest BCUT2D eigenvalue weighted by atomic mass is 10.1. The van der Waals surface area contributed by atoms with Crippen LogP contribution in [-0.4, -0.2) is 38.1 Å². The van der Waals surface area contributed by atoms with Crippen LogP contribution < -0.4 is 11.1 Å². The minimum atomic E-state index is -3.81. The summed E-state index contributed by atoms with van der Waals surface area (Å²) >= 11 is 1.23. The maximum Gasteiger partial charge on any atom is 0.251 e. The van der Waals surface area contributed by atoms with Gasteiger partial charge in [-0.15, -0.1) is 11.3 Å². The lowest BCUT2D eigenvalue weighted by Gasteiger charge is -2.17. The Bertz CT molecular complexity index is 1010. The van der Waals surface area contributed by atoms with E-state index in [4.69, 9.17) is 5.73 Å². The Morgan fingerprint density at radius 2 is 1.78 bits per heavy atom. The maximum absolute atomic E-state index is 12.7. The van der Waals surface area contributed by atoms with Crippen molar-refractivity contribution in [1.82, 2.24) is 4.31 Å². The number of thiophene rings is 1. The van der Waals surface area contributed by atoms with Gasteiger partial charge in [0.1, 0.15) is 5.00 Å². The Labute approximate surface area is 163 Å². The molecule has 0 aliphatic carbocycles. The van der Waals surface area contributed by atoms with E-state index in [1.54, 1.807) is 19.1 Å². The van der Waals surface area contributed by atoms with Crippen molar-refractivity contribution in [2.45, 2.75) is 32.6 Å². The van der Waals surface area contributed by atoms with E-state index in [9.17, 15) is 18.0 Å². The highest BCUT2D eigenvalue weighted by Crippen LogP contribution is 2.32. The number of aryl methyl sites for hydroxylation is 3. The molecule has 1 aromatic carbocycles. The number of anilines is 1. The summed E-state index contributed by atoms with van der Waals surface area (Å²) in [4.78, 5) is 25.0. The number of carbonyl (C=O) groups excluding carboxylic acids is 2. The highest BCUT2D eigenvalue weighted by molar-refractivity contribution is 7.89. The third-order valence-electron chi connectivity index (χ3n) is 4.44. The number of primary amides is 1. The zero-order chi connectivity index (χ0) is 20.5. The van der Waals surface area contributed by atoms with Gasteiger partial charge in [0.05, 0.1) is 17.0 Å². The van der Waals surface area contributed by atoms with Crippen LogP contribution in [0.5, 0.6) is 0 Å². The van der Waals surface area contributed by atoms with E-state index in [0.717, 1.165) is 20.3 Å². The number of benzene rings is 1. The van der Waals surface area contributed by atoms with Gasteiger partial charge in [0.2, 0.25) is 15.9 Å². The summed E-state index contributed by atoms with van der Waals surface area (Å²) in [6, 6.07) is 4.83. The molecule has 0 spiro atoms. The second kappa shape index (κ2) is 7.79. The van der Waals surface area contributed by atoms with Gasteiger partial charge < -0.3 is 11.1 Å². The predicted molar refractivity (Wildman–Crippen MR) is 107 cm³/mol. The standard InChI is InChI=1S/C18H23N3O4S2/c1-10-6-7-14(8-11(10)2)27(24,25)21(5)9-15(22)20-18-16(17(19)23)12(3)13(4)26-18/h6-8H,9H2,1-5H3,(H2,19,23)(H,20,22). The Morgan fingerprint density at radius 1 is 1.15 bits per heavy atom. The molecule has 0 unspecified atom stereocenters. The van der Waals surface area contributed by atoms with Gasteiger partial charge in [-0.05, 0) is 56.5 Å². The first-order valence-corrected chi connectivity index (χ1v) is 10.4. The molecule has 2 rings (SSSR count). The van der Waals surface area contributed by atoms with E-state index in [2.05, 4.69) is 5.32 Å². The zero-order valence-electron chi connectivity index (χ0n) is 15.9. The van der Waals surface area contributed by atoms with Crippen LogP contribution in [0.25, 0.3) is 0 Å². The van der Waals surface area contributed by atoms with Crippen LogP contribution in [0.15, 0.2) is 23.1 Å². The number of amides is 2. The predicted octanol–water partition coefficient (Wildman–Crippen LogP) is 2.34. The number of hydrogen-bond donors (Lipinski definition) is 2. The summed E-state index contributed by atoms with van der Waals surface area (Å²) in [5, 5.41) is 2.93. The van der Waals surface area contributed by atoms with Crippen LogP contribution in [0.3, 0.4) is 0 Å². The normalized spacial score (nSPS) is 11.6. The first-order chi connectivity index (χ1) is 12.4. The fourth-order valence-electron chi connectivity index (χ4n) is 2.52. The van der Waals surface area contributed by atoms with Crippen molar-refractivity contribution in [2.75, 3.05) is 18.9 Å². The second-order valence-corrected chi connectivity index (χ2v) is 9.68. The van der Waals surface area contributed by atoms with Crippen molar-refractivity contribution in [3.05, 3.63) is 45.3 Å². The largest absolute Gasteiger partial charge is 0.365 e. The molecule has 7 nitrogen and oxygen atoms in total. The lowest BCUT2D eigenvalue weighted by Crippen LogP contribution is -2.35. The number of hydrogen-bond acceptors (Lipinski definition) is 5. The number of rotatable bonds is 6. The molecule has 0 saturated heterocycles. The SMILES string of the molecule is Cc1ccc(S(=O)(=O)N(C)CC(=O)Nc2sc(C)c(C)c2C(N)=O)cc1C. The van der Waals surface area contributed by atoms with E-state index in [0.29, 0.717) is 10.6 Å². The van der Waals surface area contributed by atoms with Crippen LogP contribution in [0.4, 0.5) is 5.00 Å². The van der Waals surface area contributed by atoms with Gasteiger partial charge >= 0.3 is 0 Å².